The first-order valence-electron chi connectivity index (χ1n) is 7.16. The molecule has 0 aromatic heterocycles. The van der Waals surface area contributed by atoms with Gasteiger partial charge in [-0.25, -0.2) is 0 Å². The summed E-state index contributed by atoms with van der Waals surface area (Å²) in [6, 6.07) is 16.9. The number of benzene rings is 2. The number of nitrogens with one attached hydrogen (secondary N) is 1. The van der Waals surface area contributed by atoms with Crippen LogP contribution in [0.5, 0.6) is 11.5 Å². The van der Waals surface area contributed by atoms with Gasteiger partial charge >= 0.3 is 0 Å². The second-order valence-corrected chi connectivity index (χ2v) is 4.98. The molecular formula is C17H18N2O2. The zero-order valence-electron chi connectivity index (χ0n) is 11.8. The van der Waals surface area contributed by atoms with Gasteiger partial charge in [-0.1, -0.05) is 18.2 Å². The number of carbonyl (C=O) groups excluding carboxylic acids is 1. The molecule has 108 valence electrons. The molecule has 0 saturated carbocycles. The Morgan fingerprint density at radius 1 is 0.905 bits per heavy atom. The van der Waals surface area contributed by atoms with Crippen LogP contribution in [-0.4, -0.2) is 37.0 Å². The Bertz CT molecular complexity index is 590. The van der Waals surface area contributed by atoms with Crippen molar-refractivity contribution < 1.29 is 9.53 Å². The lowest BCUT2D eigenvalue weighted by atomic mass is 10.2. The van der Waals surface area contributed by atoms with Crippen LogP contribution in [-0.2, 0) is 0 Å². The van der Waals surface area contributed by atoms with Crippen molar-refractivity contribution in [2.75, 3.05) is 26.2 Å². The van der Waals surface area contributed by atoms with E-state index in [1.165, 1.54) is 0 Å². The molecule has 2 aromatic rings. The molecule has 0 unspecified atom stereocenters. The van der Waals surface area contributed by atoms with Gasteiger partial charge in [-0.15, -0.1) is 0 Å². The molecule has 2 aromatic carbocycles. The van der Waals surface area contributed by atoms with Crippen LogP contribution in [0.15, 0.2) is 54.6 Å². The summed E-state index contributed by atoms with van der Waals surface area (Å²) in [5, 5.41) is 3.24. The van der Waals surface area contributed by atoms with E-state index in [0.29, 0.717) is 5.56 Å². The number of rotatable bonds is 3. The second kappa shape index (κ2) is 6.41. The zero-order valence-corrected chi connectivity index (χ0v) is 11.8. The van der Waals surface area contributed by atoms with Gasteiger partial charge in [-0.3, -0.25) is 4.79 Å². The average Bonchev–Trinajstić information content (AvgIpc) is 2.57. The molecule has 4 heteroatoms. The molecule has 1 aliphatic rings. The van der Waals surface area contributed by atoms with Crippen LogP contribution < -0.4 is 10.1 Å². The number of carbonyl (C=O) groups is 1. The molecule has 1 heterocycles. The first-order valence-corrected chi connectivity index (χ1v) is 7.16. The Hall–Kier alpha value is -2.33. The van der Waals surface area contributed by atoms with Crippen molar-refractivity contribution in [2.24, 2.45) is 0 Å². The maximum absolute atomic E-state index is 12.3. The molecule has 4 nitrogen and oxygen atoms in total. The van der Waals surface area contributed by atoms with Crippen LogP contribution in [0.1, 0.15) is 10.4 Å². The summed E-state index contributed by atoms with van der Waals surface area (Å²) in [6.07, 6.45) is 0. The highest BCUT2D eigenvalue weighted by molar-refractivity contribution is 5.94. The Morgan fingerprint density at radius 2 is 1.52 bits per heavy atom. The summed E-state index contributed by atoms with van der Waals surface area (Å²) >= 11 is 0. The highest BCUT2D eigenvalue weighted by atomic mass is 16.5. The van der Waals surface area contributed by atoms with E-state index < -0.39 is 0 Å². The van der Waals surface area contributed by atoms with Crippen molar-refractivity contribution in [2.45, 2.75) is 0 Å². The van der Waals surface area contributed by atoms with E-state index in [0.717, 1.165) is 37.7 Å². The number of amides is 1. The van der Waals surface area contributed by atoms with Crippen molar-refractivity contribution in [3.63, 3.8) is 0 Å². The number of hydrogen-bond acceptors (Lipinski definition) is 3. The normalized spacial score (nSPS) is 14.8. The predicted octanol–water partition coefficient (Wildman–Crippen LogP) is 2.52. The first kappa shape index (κ1) is 13.6. The van der Waals surface area contributed by atoms with Gasteiger partial charge < -0.3 is 15.0 Å². The van der Waals surface area contributed by atoms with Gasteiger partial charge in [0.15, 0.2) is 0 Å². The lowest BCUT2D eigenvalue weighted by Crippen LogP contribution is -2.46. The quantitative estimate of drug-likeness (QED) is 0.940. The van der Waals surface area contributed by atoms with Crippen molar-refractivity contribution in [1.82, 2.24) is 10.2 Å². The fourth-order valence-corrected chi connectivity index (χ4v) is 2.34. The Morgan fingerprint density at radius 3 is 2.19 bits per heavy atom. The van der Waals surface area contributed by atoms with E-state index in [2.05, 4.69) is 5.32 Å². The number of para-hydroxylation sites is 1. The molecule has 0 radical (unpaired) electrons. The van der Waals surface area contributed by atoms with Gasteiger partial charge in [-0.2, -0.15) is 0 Å². The topological polar surface area (TPSA) is 41.6 Å². The largest absolute Gasteiger partial charge is 0.457 e. The van der Waals surface area contributed by atoms with Crippen LogP contribution in [0.2, 0.25) is 0 Å². The minimum atomic E-state index is 0.0859. The SMILES string of the molecule is O=C(c1ccc(Oc2ccccc2)cc1)N1CCNCC1. The maximum atomic E-state index is 12.3. The molecule has 0 aliphatic carbocycles. The number of hydrogen-bond donors (Lipinski definition) is 1. The zero-order chi connectivity index (χ0) is 14.5. The minimum absolute atomic E-state index is 0.0859. The van der Waals surface area contributed by atoms with Crippen molar-refractivity contribution >= 4 is 5.91 Å². The smallest absolute Gasteiger partial charge is 0.253 e. The maximum Gasteiger partial charge on any atom is 0.253 e. The highest BCUT2D eigenvalue weighted by Crippen LogP contribution is 2.21. The van der Waals surface area contributed by atoms with Gasteiger partial charge in [-0.05, 0) is 36.4 Å². The minimum Gasteiger partial charge on any atom is -0.457 e. The Kier molecular flexibility index (Phi) is 4.17. The standard InChI is InChI=1S/C17H18N2O2/c20-17(19-12-10-18-11-13-19)14-6-8-16(9-7-14)21-15-4-2-1-3-5-15/h1-9,18H,10-13H2. The number of ether oxygens (including phenoxy) is 1. The summed E-state index contributed by atoms with van der Waals surface area (Å²) < 4.78 is 5.72. The second-order valence-electron chi connectivity index (χ2n) is 4.98. The molecule has 0 spiro atoms. The molecule has 1 aliphatic heterocycles. The van der Waals surface area contributed by atoms with E-state index in [-0.39, 0.29) is 5.91 Å². The van der Waals surface area contributed by atoms with Gasteiger partial charge in [0, 0.05) is 31.7 Å². The van der Waals surface area contributed by atoms with E-state index in [4.69, 9.17) is 4.74 Å². The first-order chi connectivity index (χ1) is 10.3. The molecule has 21 heavy (non-hydrogen) atoms. The van der Waals surface area contributed by atoms with Crippen LogP contribution in [0.25, 0.3) is 0 Å². The van der Waals surface area contributed by atoms with Crippen molar-refractivity contribution in [1.29, 1.82) is 0 Å². The van der Waals surface area contributed by atoms with Crippen LogP contribution in [0.4, 0.5) is 0 Å². The third-order valence-corrected chi connectivity index (χ3v) is 3.48. The number of piperazine rings is 1. The third kappa shape index (κ3) is 3.41. The third-order valence-electron chi connectivity index (χ3n) is 3.48. The lowest BCUT2D eigenvalue weighted by Gasteiger charge is -2.27. The summed E-state index contributed by atoms with van der Waals surface area (Å²) in [6.45, 7) is 3.25. The van der Waals surface area contributed by atoms with Gasteiger partial charge in [0.05, 0.1) is 0 Å². The molecular weight excluding hydrogens is 264 g/mol. The number of nitrogens with zero attached hydrogens (tertiary/aromatic N) is 1. The predicted molar refractivity (Wildman–Crippen MR) is 81.7 cm³/mol. The molecule has 1 fully saturated rings. The molecule has 1 saturated heterocycles. The van der Waals surface area contributed by atoms with Crippen LogP contribution >= 0.6 is 0 Å². The summed E-state index contributed by atoms with van der Waals surface area (Å²) in [4.78, 5) is 14.2. The van der Waals surface area contributed by atoms with E-state index in [9.17, 15) is 4.79 Å². The van der Waals surface area contributed by atoms with Gasteiger partial charge in [0.25, 0.3) is 5.91 Å². The summed E-state index contributed by atoms with van der Waals surface area (Å²) in [5.41, 5.74) is 0.706. The summed E-state index contributed by atoms with van der Waals surface area (Å²) in [5.74, 6) is 1.61. The van der Waals surface area contributed by atoms with E-state index in [1.807, 2.05) is 59.5 Å². The average molecular weight is 282 g/mol. The molecule has 1 amide bonds. The lowest BCUT2D eigenvalue weighted by molar-refractivity contribution is 0.0736. The van der Waals surface area contributed by atoms with Gasteiger partial charge in [0.1, 0.15) is 11.5 Å². The Balaban J connectivity index is 1.67. The van der Waals surface area contributed by atoms with E-state index in [1.54, 1.807) is 0 Å². The van der Waals surface area contributed by atoms with E-state index >= 15 is 0 Å². The molecule has 1 N–H and O–H groups in total. The van der Waals surface area contributed by atoms with Crippen LogP contribution in [0, 0.1) is 0 Å². The molecule has 3 rings (SSSR count). The van der Waals surface area contributed by atoms with Crippen LogP contribution in [0.3, 0.4) is 0 Å². The van der Waals surface area contributed by atoms with Crippen molar-refractivity contribution in [3.8, 4) is 11.5 Å². The monoisotopic (exact) mass is 282 g/mol. The van der Waals surface area contributed by atoms with Gasteiger partial charge in [0.2, 0.25) is 0 Å². The fourth-order valence-electron chi connectivity index (χ4n) is 2.34. The highest BCUT2D eigenvalue weighted by Gasteiger charge is 2.17. The molecule has 0 bridgehead atoms. The van der Waals surface area contributed by atoms with Crippen molar-refractivity contribution in [3.05, 3.63) is 60.2 Å². The fraction of sp³-hybridized carbons (Fsp3) is 0.235. The molecule has 0 atom stereocenters. The Labute approximate surface area is 124 Å². The summed E-state index contributed by atoms with van der Waals surface area (Å²) in [7, 11) is 0.